The van der Waals surface area contributed by atoms with Gasteiger partial charge >= 0.3 is 0 Å². The minimum absolute atomic E-state index is 0.102. The van der Waals surface area contributed by atoms with Gasteiger partial charge in [-0.3, -0.25) is 14.2 Å². The molecular weight excluding hydrogens is 410 g/mol. The van der Waals surface area contributed by atoms with Gasteiger partial charge in [-0.2, -0.15) is 0 Å². The number of aryl methyl sites for hydroxylation is 1. The third-order valence-electron chi connectivity index (χ3n) is 4.85. The van der Waals surface area contributed by atoms with E-state index in [0.29, 0.717) is 22.5 Å². The van der Waals surface area contributed by atoms with E-state index in [1.807, 2.05) is 60.8 Å². The normalized spacial score (nSPS) is 10.9. The molecule has 7 heteroatoms. The summed E-state index contributed by atoms with van der Waals surface area (Å²) in [5, 5.41) is 5.27. The van der Waals surface area contributed by atoms with Crippen LogP contribution >= 0.6 is 11.3 Å². The molecule has 4 rings (SSSR count). The molecule has 2 heterocycles. The maximum Gasteiger partial charge on any atom is 0.263 e. The molecule has 4 aromatic rings. The highest BCUT2D eigenvalue weighted by Crippen LogP contribution is 2.31. The van der Waals surface area contributed by atoms with E-state index in [-0.39, 0.29) is 18.0 Å². The molecule has 0 aliphatic carbocycles. The number of anilines is 1. The molecule has 0 saturated carbocycles. The molecule has 0 unspecified atom stereocenters. The highest BCUT2D eigenvalue weighted by molar-refractivity contribution is 7.17. The van der Waals surface area contributed by atoms with Crippen LogP contribution in [0.15, 0.2) is 65.0 Å². The number of carbonyl (C=O) groups excluding carboxylic acids is 1. The van der Waals surface area contributed by atoms with Gasteiger partial charge in [-0.05, 0) is 43.2 Å². The molecule has 6 nitrogen and oxygen atoms in total. The van der Waals surface area contributed by atoms with Crippen LogP contribution in [0.3, 0.4) is 0 Å². The molecule has 0 bridgehead atoms. The van der Waals surface area contributed by atoms with Crippen molar-refractivity contribution in [1.82, 2.24) is 9.55 Å². The van der Waals surface area contributed by atoms with Gasteiger partial charge in [0.25, 0.3) is 5.56 Å². The number of hydrogen-bond donors (Lipinski definition) is 1. The first kappa shape index (κ1) is 20.8. The number of amides is 1. The van der Waals surface area contributed by atoms with Crippen molar-refractivity contribution in [3.8, 4) is 16.9 Å². The molecule has 1 N–H and O–H groups in total. The summed E-state index contributed by atoms with van der Waals surface area (Å²) in [4.78, 5) is 30.7. The van der Waals surface area contributed by atoms with Crippen LogP contribution < -0.4 is 15.6 Å². The first-order chi connectivity index (χ1) is 15.0. The van der Waals surface area contributed by atoms with Gasteiger partial charge in [-0.1, -0.05) is 36.8 Å². The van der Waals surface area contributed by atoms with Crippen LogP contribution in [0.5, 0.6) is 5.75 Å². The average Bonchev–Trinajstić information content (AvgIpc) is 3.21. The minimum atomic E-state index is -0.277. The summed E-state index contributed by atoms with van der Waals surface area (Å²) in [5.41, 5.74) is 3.30. The van der Waals surface area contributed by atoms with Crippen molar-refractivity contribution in [3.05, 3.63) is 76.2 Å². The molecule has 0 spiro atoms. The Morgan fingerprint density at radius 2 is 1.87 bits per heavy atom. The second kappa shape index (κ2) is 9.14. The van der Waals surface area contributed by atoms with Crippen molar-refractivity contribution >= 4 is 33.1 Å². The third-order valence-corrected chi connectivity index (χ3v) is 5.73. The number of nitrogens with zero attached hydrogens (tertiary/aromatic N) is 2. The molecule has 0 radical (unpaired) electrons. The molecule has 158 valence electrons. The fourth-order valence-corrected chi connectivity index (χ4v) is 4.14. The van der Waals surface area contributed by atoms with Gasteiger partial charge < -0.3 is 10.1 Å². The van der Waals surface area contributed by atoms with Crippen LogP contribution in [0.1, 0.15) is 18.9 Å². The number of carbonyl (C=O) groups is 1. The highest BCUT2D eigenvalue weighted by atomic mass is 32.1. The van der Waals surface area contributed by atoms with E-state index in [1.54, 1.807) is 0 Å². The quantitative estimate of drug-likeness (QED) is 0.452. The lowest BCUT2D eigenvalue weighted by molar-refractivity contribution is -0.116. The molecule has 0 atom stereocenters. The van der Waals surface area contributed by atoms with Crippen molar-refractivity contribution in [2.75, 3.05) is 11.9 Å². The fraction of sp³-hybridized carbons (Fsp3) is 0.208. The van der Waals surface area contributed by atoms with Crippen LogP contribution in [0.4, 0.5) is 5.69 Å². The minimum Gasteiger partial charge on any atom is -0.494 e. The van der Waals surface area contributed by atoms with Gasteiger partial charge in [0.15, 0.2) is 0 Å². The Balaban J connectivity index is 1.59. The molecule has 2 aromatic heterocycles. The summed E-state index contributed by atoms with van der Waals surface area (Å²) >= 11 is 1.42. The molecular formula is C24H23N3O3S. The van der Waals surface area contributed by atoms with Gasteiger partial charge in [0.1, 0.15) is 17.1 Å². The zero-order valence-corrected chi connectivity index (χ0v) is 18.2. The smallest absolute Gasteiger partial charge is 0.263 e. The van der Waals surface area contributed by atoms with Gasteiger partial charge in [-0.25, -0.2) is 4.98 Å². The number of nitrogens with one attached hydrogen (secondary N) is 1. The Morgan fingerprint density at radius 3 is 2.58 bits per heavy atom. The van der Waals surface area contributed by atoms with Gasteiger partial charge in [-0.15, -0.1) is 11.3 Å². The average molecular weight is 434 g/mol. The van der Waals surface area contributed by atoms with Crippen LogP contribution in [-0.2, 0) is 11.3 Å². The SMILES string of the molecule is CCCOc1ccc(-c2csc3ncn(CC(=O)Nc4ccc(C)cc4)c(=O)c23)cc1. The topological polar surface area (TPSA) is 73.2 Å². The third kappa shape index (κ3) is 4.67. The Kier molecular flexibility index (Phi) is 6.13. The summed E-state index contributed by atoms with van der Waals surface area (Å²) in [6, 6.07) is 15.2. The van der Waals surface area contributed by atoms with E-state index in [4.69, 9.17) is 4.74 Å². The Morgan fingerprint density at radius 1 is 1.13 bits per heavy atom. The zero-order chi connectivity index (χ0) is 21.8. The lowest BCUT2D eigenvalue weighted by Gasteiger charge is -2.08. The number of benzene rings is 2. The number of aromatic nitrogens is 2. The number of ether oxygens (including phenoxy) is 1. The van der Waals surface area contributed by atoms with E-state index in [1.165, 1.54) is 22.2 Å². The summed E-state index contributed by atoms with van der Waals surface area (Å²) in [6.07, 6.45) is 2.38. The van der Waals surface area contributed by atoms with E-state index >= 15 is 0 Å². The van der Waals surface area contributed by atoms with Crippen LogP contribution in [0.25, 0.3) is 21.3 Å². The van der Waals surface area contributed by atoms with E-state index in [9.17, 15) is 9.59 Å². The summed E-state index contributed by atoms with van der Waals surface area (Å²) in [7, 11) is 0. The fourth-order valence-electron chi connectivity index (χ4n) is 3.24. The largest absolute Gasteiger partial charge is 0.494 e. The molecule has 1 amide bonds. The maximum atomic E-state index is 13.1. The number of rotatable bonds is 7. The van der Waals surface area contributed by atoms with Crippen molar-refractivity contribution in [1.29, 1.82) is 0 Å². The van der Waals surface area contributed by atoms with Crippen LogP contribution in [0.2, 0.25) is 0 Å². The summed E-state index contributed by atoms with van der Waals surface area (Å²) in [5.74, 6) is 0.523. The van der Waals surface area contributed by atoms with Crippen molar-refractivity contribution < 1.29 is 9.53 Å². The predicted molar refractivity (Wildman–Crippen MR) is 125 cm³/mol. The Hall–Kier alpha value is -3.45. The molecule has 0 aliphatic heterocycles. The molecule has 2 aromatic carbocycles. The predicted octanol–water partition coefficient (Wildman–Crippen LogP) is 4.86. The lowest BCUT2D eigenvalue weighted by Crippen LogP contribution is -2.27. The number of fused-ring (bicyclic) bond motifs is 1. The first-order valence-electron chi connectivity index (χ1n) is 10.1. The summed E-state index contributed by atoms with van der Waals surface area (Å²) in [6.45, 7) is 4.61. The maximum absolute atomic E-state index is 13.1. The highest BCUT2D eigenvalue weighted by Gasteiger charge is 2.15. The standard InChI is InChI=1S/C24H23N3O3S/c1-3-12-30-19-10-6-17(7-11-19)20-14-31-23-22(20)24(29)27(15-25-23)13-21(28)26-18-8-4-16(2)5-9-18/h4-11,14-15H,3,12-13H2,1-2H3,(H,26,28). The summed E-state index contributed by atoms with van der Waals surface area (Å²) < 4.78 is 6.98. The number of thiophene rings is 1. The van der Waals surface area contributed by atoms with Crippen molar-refractivity contribution in [2.45, 2.75) is 26.8 Å². The first-order valence-corrected chi connectivity index (χ1v) is 11.0. The second-order valence-electron chi connectivity index (χ2n) is 7.29. The number of hydrogen-bond acceptors (Lipinski definition) is 5. The molecule has 0 fully saturated rings. The van der Waals surface area contributed by atoms with E-state index in [2.05, 4.69) is 17.2 Å². The molecule has 0 saturated heterocycles. The zero-order valence-electron chi connectivity index (χ0n) is 17.4. The van der Waals surface area contributed by atoms with Crippen molar-refractivity contribution in [2.24, 2.45) is 0 Å². The Labute approximate surface area is 184 Å². The lowest BCUT2D eigenvalue weighted by atomic mass is 10.1. The molecule has 0 aliphatic rings. The van der Waals surface area contributed by atoms with Gasteiger partial charge in [0, 0.05) is 16.6 Å². The molecule has 31 heavy (non-hydrogen) atoms. The second-order valence-corrected chi connectivity index (χ2v) is 8.15. The van der Waals surface area contributed by atoms with Crippen LogP contribution in [-0.4, -0.2) is 22.1 Å². The van der Waals surface area contributed by atoms with E-state index < -0.39 is 0 Å². The van der Waals surface area contributed by atoms with E-state index in [0.717, 1.165) is 28.9 Å². The monoisotopic (exact) mass is 433 g/mol. The van der Waals surface area contributed by atoms with Crippen molar-refractivity contribution in [3.63, 3.8) is 0 Å². The van der Waals surface area contributed by atoms with Gasteiger partial charge in [0.05, 0.1) is 18.3 Å². The Bertz CT molecular complexity index is 1260. The van der Waals surface area contributed by atoms with Crippen LogP contribution in [0, 0.1) is 6.92 Å². The van der Waals surface area contributed by atoms with Gasteiger partial charge in [0.2, 0.25) is 5.91 Å².